The number of nitro groups is 3. The Morgan fingerprint density at radius 1 is 0.795 bits per heavy atom. The number of benzene rings is 4. The number of rotatable bonds is 13. The zero-order chi connectivity index (χ0) is 31.4. The zero-order valence-corrected chi connectivity index (χ0v) is 24.1. The third-order valence-corrected chi connectivity index (χ3v) is 7.52. The summed E-state index contributed by atoms with van der Waals surface area (Å²) in [6.07, 6.45) is -0.186. The zero-order valence-electron chi connectivity index (χ0n) is 24.1. The van der Waals surface area contributed by atoms with Crippen LogP contribution >= 0.6 is 0 Å². The molecule has 4 aromatic rings. The summed E-state index contributed by atoms with van der Waals surface area (Å²) in [7, 11) is 0. The molecule has 226 valence electrons. The molecule has 44 heavy (non-hydrogen) atoms. The van der Waals surface area contributed by atoms with Gasteiger partial charge in [0.05, 0.1) is 26.9 Å². The van der Waals surface area contributed by atoms with E-state index >= 15 is 0 Å². The van der Waals surface area contributed by atoms with E-state index < -0.39 is 43.7 Å². The van der Waals surface area contributed by atoms with E-state index in [1.54, 1.807) is 0 Å². The molecular weight excluding hydrogens is 568 g/mol. The fraction of sp³-hybridized carbons (Fsp3) is 0.250. The minimum atomic E-state index is -0.938. The fourth-order valence-electron chi connectivity index (χ4n) is 5.37. The Kier molecular flexibility index (Phi) is 8.81. The third kappa shape index (κ3) is 6.50. The van der Waals surface area contributed by atoms with Crippen molar-refractivity contribution >= 4 is 17.1 Å². The van der Waals surface area contributed by atoms with Crippen molar-refractivity contribution in [1.29, 1.82) is 0 Å². The summed E-state index contributed by atoms with van der Waals surface area (Å²) >= 11 is 0. The van der Waals surface area contributed by atoms with Gasteiger partial charge in [0.2, 0.25) is 0 Å². The first kappa shape index (κ1) is 30.1. The van der Waals surface area contributed by atoms with Crippen LogP contribution in [0, 0.1) is 30.3 Å². The SMILES string of the molecule is CC(C)N(Cc1ccccc1)CC(COc1cccc2c1-c1ccccc1C2)Oc1c([N+](=O)[O-])cc([N+](=O)[O-])cc1[N+](=O)[O-]. The predicted molar refractivity (Wildman–Crippen MR) is 163 cm³/mol. The Morgan fingerprint density at radius 3 is 2.07 bits per heavy atom. The molecule has 0 saturated heterocycles. The highest BCUT2D eigenvalue weighted by Gasteiger charge is 2.35. The van der Waals surface area contributed by atoms with Crippen molar-refractivity contribution in [2.45, 2.75) is 39.0 Å². The van der Waals surface area contributed by atoms with Crippen molar-refractivity contribution in [3.8, 4) is 22.6 Å². The molecule has 4 aromatic carbocycles. The average Bonchev–Trinajstić information content (AvgIpc) is 3.39. The number of hydrogen-bond acceptors (Lipinski definition) is 9. The Hall–Kier alpha value is -5.36. The van der Waals surface area contributed by atoms with Crippen LogP contribution in [0.2, 0.25) is 0 Å². The summed E-state index contributed by atoms with van der Waals surface area (Å²) in [4.78, 5) is 34.7. The molecule has 0 radical (unpaired) electrons. The Morgan fingerprint density at radius 2 is 1.43 bits per heavy atom. The Bertz CT molecular complexity index is 1680. The summed E-state index contributed by atoms with van der Waals surface area (Å²) < 4.78 is 12.4. The summed E-state index contributed by atoms with van der Waals surface area (Å²) in [6.45, 7) is 4.56. The van der Waals surface area contributed by atoms with Crippen LogP contribution in [0.25, 0.3) is 11.1 Å². The van der Waals surface area contributed by atoms with E-state index in [9.17, 15) is 30.3 Å². The summed E-state index contributed by atoms with van der Waals surface area (Å²) in [5, 5.41) is 35.4. The Labute approximate surface area is 252 Å². The lowest BCUT2D eigenvalue weighted by molar-refractivity contribution is -0.404. The molecule has 1 aliphatic carbocycles. The van der Waals surface area contributed by atoms with Crippen LogP contribution in [0.1, 0.15) is 30.5 Å². The van der Waals surface area contributed by atoms with Gasteiger partial charge in [0, 0.05) is 24.7 Å². The second-order valence-corrected chi connectivity index (χ2v) is 10.8. The van der Waals surface area contributed by atoms with Crippen molar-refractivity contribution < 1.29 is 24.2 Å². The number of hydrogen-bond donors (Lipinski definition) is 0. The highest BCUT2D eigenvalue weighted by molar-refractivity contribution is 5.81. The fourth-order valence-corrected chi connectivity index (χ4v) is 5.37. The molecule has 0 N–H and O–H groups in total. The van der Waals surface area contributed by atoms with Crippen LogP contribution < -0.4 is 9.47 Å². The molecule has 5 rings (SSSR count). The number of nitrogens with zero attached hydrogens (tertiary/aromatic N) is 4. The summed E-state index contributed by atoms with van der Waals surface area (Å²) in [5.74, 6) is -0.0702. The number of ether oxygens (including phenoxy) is 2. The molecule has 0 heterocycles. The van der Waals surface area contributed by atoms with Crippen molar-refractivity contribution in [1.82, 2.24) is 4.90 Å². The number of nitro benzene ring substituents is 3. The molecule has 12 heteroatoms. The minimum Gasteiger partial charge on any atom is -0.489 e. The second-order valence-electron chi connectivity index (χ2n) is 10.8. The van der Waals surface area contributed by atoms with Gasteiger partial charge in [-0.1, -0.05) is 66.7 Å². The van der Waals surface area contributed by atoms with Crippen LogP contribution in [0.3, 0.4) is 0 Å². The van der Waals surface area contributed by atoms with E-state index in [4.69, 9.17) is 9.47 Å². The van der Waals surface area contributed by atoms with Gasteiger partial charge in [-0.25, -0.2) is 0 Å². The van der Waals surface area contributed by atoms with Crippen LogP contribution in [0.5, 0.6) is 11.5 Å². The lowest BCUT2D eigenvalue weighted by Gasteiger charge is -2.31. The maximum absolute atomic E-state index is 12.0. The molecule has 0 bridgehead atoms. The van der Waals surface area contributed by atoms with Crippen LogP contribution in [-0.4, -0.2) is 45.0 Å². The van der Waals surface area contributed by atoms with Crippen molar-refractivity contribution in [3.63, 3.8) is 0 Å². The maximum atomic E-state index is 12.0. The van der Waals surface area contributed by atoms with E-state index in [1.165, 1.54) is 0 Å². The van der Waals surface area contributed by atoms with Gasteiger partial charge in [-0.15, -0.1) is 0 Å². The molecule has 12 nitrogen and oxygen atoms in total. The molecule has 0 fully saturated rings. The quantitative estimate of drug-likeness (QED) is 0.106. The lowest BCUT2D eigenvalue weighted by atomic mass is 10.0. The maximum Gasteiger partial charge on any atom is 0.325 e. The van der Waals surface area contributed by atoms with Gasteiger partial charge in [-0.3, -0.25) is 35.2 Å². The summed E-state index contributed by atoms with van der Waals surface area (Å²) in [5.41, 5.74) is 2.74. The lowest BCUT2D eigenvalue weighted by Crippen LogP contribution is -2.42. The van der Waals surface area contributed by atoms with E-state index in [2.05, 4.69) is 11.0 Å². The molecule has 0 saturated carbocycles. The van der Waals surface area contributed by atoms with Gasteiger partial charge in [0.25, 0.3) is 11.4 Å². The first-order valence-electron chi connectivity index (χ1n) is 14.0. The topological polar surface area (TPSA) is 151 Å². The van der Waals surface area contributed by atoms with E-state index in [-0.39, 0.29) is 19.2 Å². The first-order valence-corrected chi connectivity index (χ1v) is 14.0. The summed E-state index contributed by atoms with van der Waals surface area (Å²) in [6, 6.07) is 24.8. The van der Waals surface area contributed by atoms with Crippen LogP contribution in [0.4, 0.5) is 17.1 Å². The first-order chi connectivity index (χ1) is 21.1. The van der Waals surface area contributed by atoms with Gasteiger partial charge in [0.15, 0.2) is 0 Å². The highest BCUT2D eigenvalue weighted by Crippen LogP contribution is 2.43. The molecule has 0 spiro atoms. The smallest absolute Gasteiger partial charge is 0.325 e. The van der Waals surface area contributed by atoms with Crippen molar-refractivity contribution in [2.75, 3.05) is 13.2 Å². The second kappa shape index (κ2) is 12.9. The molecule has 0 aromatic heterocycles. The normalized spacial score (nSPS) is 12.5. The molecule has 0 aliphatic heterocycles. The molecule has 1 aliphatic rings. The highest BCUT2D eigenvalue weighted by atomic mass is 16.6. The molecular formula is C32H30N4O8. The van der Waals surface area contributed by atoms with E-state index in [0.717, 1.165) is 34.2 Å². The van der Waals surface area contributed by atoms with Gasteiger partial charge >= 0.3 is 11.4 Å². The largest absolute Gasteiger partial charge is 0.489 e. The van der Waals surface area contributed by atoms with Gasteiger partial charge < -0.3 is 9.47 Å². The third-order valence-electron chi connectivity index (χ3n) is 7.52. The number of fused-ring (bicyclic) bond motifs is 3. The predicted octanol–water partition coefficient (Wildman–Crippen LogP) is 6.72. The van der Waals surface area contributed by atoms with Gasteiger partial charge in [0.1, 0.15) is 18.5 Å². The van der Waals surface area contributed by atoms with Gasteiger partial charge in [-0.2, -0.15) is 0 Å². The number of non-ortho nitro benzene ring substituents is 1. The average molecular weight is 599 g/mol. The monoisotopic (exact) mass is 598 g/mol. The van der Waals surface area contributed by atoms with Crippen LogP contribution in [-0.2, 0) is 13.0 Å². The van der Waals surface area contributed by atoms with E-state index in [1.807, 2.05) is 80.6 Å². The van der Waals surface area contributed by atoms with Gasteiger partial charge in [-0.05, 0) is 48.6 Å². The van der Waals surface area contributed by atoms with Crippen LogP contribution in [0.15, 0.2) is 84.9 Å². The molecule has 0 amide bonds. The minimum absolute atomic E-state index is 0.00371. The standard InChI is InChI=1S/C32H30N4O8/c1-21(2)33(18-22-9-4-3-5-10-22)19-26(44-32-28(35(39)40)16-25(34(37)38)17-29(32)36(41)42)20-43-30-14-8-12-24-15-23-11-6-7-13-27(23)31(24)30/h3-14,16-17,21,26H,15,18-20H2,1-2H3. The van der Waals surface area contributed by atoms with Crippen molar-refractivity contribution in [2.24, 2.45) is 0 Å². The van der Waals surface area contributed by atoms with Crippen molar-refractivity contribution in [3.05, 3.63) is 132 Å². The molecule has 1 unspecified atom stereocenters. The van der Waals surface area contributed by atoms with E-state index in [0.29, 0.717) is 24.4 Å². The molecule has 1 atom stereocenters. The Balaban J connectivity index is 1.52.